The SMILES string of the molecule is COc1ccc(CNC(=O)NC(C)C)cc1F. The quantitative estimate of drug-likeness (QED) is 0.846. The number of urea groups is 1. The van der Waals surface area contributed by atoms with Crippen molar-refractivity contribution in [3.05, 3.63) is 29.6 Å². The van der Waals surface area contributed by atoms with Crippen LogP contribution in [0.2, 0.25) is 0 Å². The predicted octanol–water partition coefficient (Wildman–Crippen LogP) is 2.04. The zero-order chi connectivity index (χ0) is 12.8. The molecule has 0 unspecified atom stereocenters. The van der Waals surface area contributed by atoms with E-state index < -0.39 is 5.82 Å². The molecule has 1 rings (SSSR count). The zero-order valence-corrected chi connectivity index (χ0v) is 10.2. The minimum absolute atomic E-state index is 0.0719. The molecular weight excluding hydrogens is 223 g/mol. The second kappa shape index (κ2) is 6.08. The Kier molecular flexibility index (Phi) is 4.75. The molecule has 0 heterocycles. The molecule has 0 saturated heterocycles. The van der Waals surface area contributed by atoms with Crippen LogP contribution < -0.4 is 15.4 Å². The number of benzene rings is 1. The van der Waals surface area contributed by atoms with Gasteiger partial charge in [0.1, 0.15) is 0 Å². The van der Waals surface area contributed by atoms with E-state index in [1.54, 1.807) is 6.07 Å². The highest BCUT2D eigenvalue weighted by molar-refractivity contribution is 5.74. The third-order valence-electron chi connectivity index (χ3n) is 2.09. The Labute approximate surface area is 100 Å². The van der Waals surface area contributed by atoms with E-state index in [0.29, 0.717) is 5.56 Å². The van der Waals surface area contributed by atoms with Gasteiger partial charge in [-0.25, -0.2) is 9.18 Å². The van der Waals surface area contributed by atoms with E-state index in [2.05, 4.69) is 10.6 Å². The van der Waals surface area contributed by atoms with Crippen LogP contribution in [0.1, 0.15) is 19.4 Å². The van der Waals surface area contributed by atoms with Crippen molar-refractivity contribution in [3.63, 3.8) is 0 Å². The Hall–Kier alpha value is -1.78. The lowest BCUT2D eigenvalue weighted by atomic mass is 10.2. The van der Waals surface area contributed by atoms with Crippen molar-refractivity contribution >= 4 is 6.03 Å². The van der Waals surface area contributed by atoms with Crippen molar-refractivity contribution in [2.75, 3.05) is 7.11 Å². The molecule has 1 aromatic carbocycles. The van der Waals surface area contributed by atoms with Gasteiger partial charge < -0.3 is 15.4 Å². The highest BCUT2D eigenvalue weighted by Crippen LogP contribution is 2.17. The predicted molar refractivity (Wildman–Crippen MR) is 63.5 cm³/mol. The van der Waals surface area contributed by atoms with Crippen LogP contribution in [-0.2, 0) is 6.54 Å². The Morgan fingerprint density at radius 3 is 2.71 bits per heavy atom. The van der Waals surface area contributed by atoms with Gasteiger partial charge in [0.2, 0.25) is 0 Å². The number of hydrogen-bond acceptors (Lipinski definition) is 2. The number of hydrogen-bond donors (Lipinski definition) is 2. The van der Waals surface area contributed by atoms with E-state index in [1.165, 1.54) is 19.2 Å². The molecule has 17 heavy (non-hydrogen) atoms. The second-order valence-corrected chi connectivity index (χ2v) is 3.95. The van der Waals surface area contributed by atoms with Crippen LogP contribution in [0.4, 0.5) is 9.18 Å². The summed E-state index contributed by atoms with van der Waals surface area (Å²) < 4.78 is 18.1. The van der Waals surface area contributed by atoms with E-state index in [4.69, 9.17) is 4.74 Å². The summed E-state index contributed by atoms with van der Waals surface area (Å²) in [5.41, 5.74) is 0.683. The van der Waals surface area contributed by atoms with Crippen molar-refractivity contribution in [1.82, 2.24) is 10.6 Å². The fourth-order valence-corrected chi connectivity index (χ4v) is 1.32. The number of nitrogens with one attached hydrogen (secondary N) is 2. The van der Waals surface area contributed by atoms with Crippen LogP contribution in [0.25, 0.3) is 0 Å². The van der Waals surface area contributed by atoms with Gasteiger partial charge in [0.25, 0.3) is 0 Å². The first-order valence-electron chi connectivity index (χ1n) is 5.39. The lowest BCUT2D eigenvalue weighted by Crippen LogP contribution is -2.39. The summed E-state index contributed by atoms with van der Waals surface area (Å²) in [7, 11) is 1.41. The van der Waals surface area contributed by atoms with E-state index in [9.17, 15) is 9.18 Å². The molecule has 0 aliphatic rings. The summed E-state index contributed by atoms with van der Waals surface area (Å²) in [6.45, 7) is 4.01. The summed E-state index contributed by atoms with van der Waals surface area (Å²) in [6, 6.07) is 4.39. The zero-order valence-electron chi connectivity index (χ0n) is 10.2. The van der Waals surface area contributed by atoms with Gasteiger partial charge in [0, 0.05) is 12.6 Å². The maximum absolute atomic E-state index is 13.3. The molecule has 4 nitrogen and oxygen atoms in total. The maximum Gasteiger partial charge on any atom is 0.315 e. The van der Waals surface area contributed by atoms with Crippen molar-refractivity contribution in [2.24, 2.45) is 0 Å². The number of halogens is 1. The summed E-state index contributed by atoms with van der Waals surface area (Å²) in [5.74, 6) is -0.239. The van der Waals surface area contributed by atoms with E-state index in [1.807, 2.05) is 13.8 Å². The smallest absolute Gasteiger partial charge is 0.315 e. The van der Waals surface area contributed by atoms with Crippen LogP contribution in [0, 0.1) is 5.82 Å². The first kappa shape index (κ1) is 13.3. The Balaban J connectivity index is 2.52. The number of carbonyl (C=O) groups is 1. The number of carbonyl (C=O) groups excluding carboxylic acids is 1. The molecule has 0 spiro atoms. The van der Waals surface area contributed by atoms with E-state index in [-0.39, 0.29) is 24.4 Å². The highest BCUT2D eigenvalue weighted by atomic mass is 19.1. The molecule has 2 amide bonds. The average molecular weight is 240 g/mol. The Bertz CT molecular complexity index is 394. The summed E-state index contributed by atoms with van der Waals surface area (Å²) >= 11 is 0. The van der Waals surface area contributed by atoms with E-state index in [0.717, 1.165) is 0 Å². The van der Waals surface area contributed by atoms with Crippen LogP contribution >= 0.6 is 0 Å². The number of methoxy groups -OCH3 is 1. The van der Waals surface area contributed by atoms with Gasteiger partial charge in [-0.1, -0.05) is 6.07 Å². The molecule has 5 heteroatoms. The lowest BCUT2D eigenvalue weighted by Gasteiger charge is -2.10. The third-order valence-corrected chi connectivity index (χ3v) is 2.09. The third kappa shape index (κ3) is 4.30. The lowest BCUT2D eigenvalue weighted by molar-refractivity contribution is 0.238. The molecule has 0 saturated carbocycles. The van der Waals surface area contributed by atoms with Gasteiger partial charge in [-0.05, 0) is 31.5 Å². The summed E-state index contributed by atoms with van der Waals surface area (Å²) in [6.07, 6.45) is 0. The van der Waals surface area contributed by atoms with Crippen LogP contribution in [0.3, 0.4) is 0 Å². The normalized spacial score (nSPS) is 10.2. The van der Waals surface area contributed by atoms with Gasteiger partial charge in [-0.2, -0.15) is 0 Å². The Morgan fingerprint density at radius 1 is 1.47 bits per heavy atom. The first-order valence-corrected chi connectivity index (χ1v) is 5.39. The molecule has 0 aliphatic heterocycles. The molecule has 94 valence electrons. The van der Waals surface area contributed by atoms with E-state index >= 15 is 0 Å². The minimum atomic E-state index is -0.434. The van der Waals surface area contributed by atoms with Gasteiger partial charge in [0.15, 0.2) is 11.6 Å². The molecule has 0 radical (unpaired) electrons. The fraction of sp³-hybridized carbons (Fsp3) is 0.417. The van der Waals surface area contributed by atoms with Crippen LogP contribution in [0.5, 0.6) is 5.75 Å². The number of rotatable bonds is 4. The van der Waals surface area contributed by atoms with Gasteiger partial charge >= 0.3 is 6.03 Å². The molecular formula is C12H17FN2O2. The number of ether oxygens (including phenoxy) is 1. The highest BCUT2D eigenvalue weighted by Gasteiger charge is 2.05. The molecule has 1 aromatic rings. The topological polar surface area (TPSA) is 50.4 Å². The van der Waals surface area contributed by atoms with Gasteiger partial charge in [0.05, 0.1) is 7.11 Å². The van der Waals surface area contributed by atoms with Crippen molar-refractivity contribution in [1.29, 1.82) is 0 Å². The van der Waals surface area contributed by atoms with Crippen LogP contribution in [-0.4, -0.2) is 19.2 Å². The summed E-state index contributed by atoms with van der Waals surface area (Å²) in [5, 5.41) is 5.32. The van der Waals surface area contributed by atoms with Gasteiger partial charge in [-0.3, -0.25) is 0 Å². The van der Waals surface area contributed by atoms with Crippen molar-refractivity contribution < 1.29 is 13.9 Å². The largest absolute Gasteiger partial charge is 0.494 e. The molecule has 2 N–H and O–H groups in total. The molecule has 0 fully saturated rings. The second-order valence-electron chi connectivity index (χ2n) is 3.95. The van der Waals surface area contributed by atoms with Gasteiger partial charge in [-0.15, -0.1) is 0 Å². The Morgan fingerprint density at radius 2 is 2.18 bits per heavy atom. The van der Waals surface area contributed by atoms with Crippen molar-refractivity contribution in [2.45, 2.75) is 26.4 Å². The monoisotopic (exact) mass is 240 g/mol. The molecule has 0 aromatic heterocycles. The van der Waals surface area contributed by atoms with Crippen LogP contribution in [0.15, 0.2) is 18.2 Å². The first-order chi connectivity index (χ1) is 8.02. The summed E-state index contributed by atoms with van der Waals surface area (Å²) in [4.78, 5) is 11.3. The average Bonchev–Trinajstić information content (AvgIpc) is 2.25. The van der Waals surface area contributed by atoms with Crippen molar-refractivity contribution in [3.8, 4) is 5.75 Å². The number of amides is 2. The molecule has 0 atom stereocenters. The molecule has 0 aliphatic carbocycles. The maximum atomic E-state index is 13.3. The standard InChI is InChI=1S/C12H17FN2O2/c1-8(2)15-12(16)14-7-9-4-5-11(17-3)10(13)6-9/h4-6,8H,7H2,1-3H3,(H2,14,15,16). The fourth-order valence-electron chi connectivity index (χ4n) is 1.32. The molecule has 0 bridgehead atoms. The minimum Gasteiger partial charge on any atom is -0.494 e.